The van der Waals surface area contributed by atoms with Gasteiger partial charge in [-0.2, -0.15) is 79.0 Å². The zero-order chi connectivity index (χ0) is 44.5. The molecule has 0 saturated heterocycles. The molecule has 0 aliphatic heterocycles. The third-order valence-corrected chi connectivity index (χ3v) is 11.9. The Morgan fingerprint density at radius 3 is 1.32 bits per heavy atom. The molecule has 3 rings (SSSR count). The fourth-order valence-corrected chi connectivity index (χ4v) is 8.16. The molecule has 6 atom stereocenters. The second kappa shape index (κ2) is 15.0. The zero-order valence-electron chi connectivity index (χ0n) is 30.8. The van der Waals surface area contributed by atoms with Crippen molar-refractivity contribution in [1.82, 2.24) is 0 Å². The molecule has 56 heavy (non-hydrogen) atoms. The topological polar surface area (TPSA) is 72.8 Å². The molecule has 3 saturated carbocycles. The zero-order valence-corrected chi connectivity index (χ0v) is 30.8. The standard InChI is InChI=1S/C18H19F15O3.C15H23F3O2/c1-3-11(2,14(19,20)21)10(34)36-13(17(28,29)30,18(31,32)33)9-6-4-8(5-7-9)12(35,15(22,23)24)16(25,26)27;1-8-9(2)11-6-10(8)7-14(11,15(16,17)18)12(19)20-13(3,4)5/h8-9,35H,3-7H2,1-2H3;8-11H,6-7H2,1-5H3. The first kappa shape index (κ1) is 49.8. The van der Waals surface area contributed by atoms with E-state index in [9.17, 15) is 93.7 Å². The fourth-order valence-electron chi connectivity index (χ4n) is 8.16. The molecule has 23 heteroatoms. The smallest absolute Gasteiger partial charge is 0.437 e. The van der Waals surface area contributed by atoms with E-state index in [1.807, 2.05) is 13.8 Å². The van der Waals surface area contributed by atoms with E-state index in [4.69, 9.17) is 4.74 Å². The lowest BCUT2D eigenvalue weighted by Crippen LogP contribution is -2.67. The molecule has 0 aromatic carbocycles. The van der Waals surface area contributed by atoms with Crippen LogP contribution in [-0.4, -0.2) is 70.9 Å². The molecular formula is C33H42F18O5. The number of ether oxygens (including phenoxy) is 2. The maximum Gasteiger partial charge on any atom is 0.437 e. The van der Waals surface area contributed by atoms with Gasteiger partial charge in [-0.05, 0) is 96.3 Å². The number of halogens is 18. The lowest BCUT2D eigenvalue weighted by Gasteiger charge is -2.48. The van der Waals surface area contributed by atoms with Crippen molar-refractivity contribution in [3.63, 3.8) is 0 Å². The van der Waals surface area contributed by atoms with Crippen LogP contribution in [0.1, 0.15) is 93.4 Å². The molecule has 6 unspecified atom stereocenters. The number of rotatable bonds is 6. The van der Waals surface area contributed by atoms with Crippen molar-refractivity contribution in [3.8, 4) is 0 Å². The summed E-state index contributed by atoms with van der Waals surface area (Å²) in [5.41, 5.74) is -18.2. The molecule has 0 aromatic rings. The predicted octanol–water partition coefficient (Wildman–Crippen LogP) is 11.2. The van der Waals surface area contributed by atoms with E-state index in [1.165, 1.54) is 0 Å². The van der Waals surface area contributed by atoms with Crippen LogP contribution in [0.3, 0.4) is 0 Å². The van der Waals surface area contributed by atoms with Gasteiger partial charge in [0.25, 0.3) is 5.60 Å². The number of alkyl halides is 18. The Kier molecular flexibility index (Phi) is 13.4. The van der Waals surface area contributed by atoms with Gasteiger partial charge in [-0.15, -0.1) is 0 Å². The maximum atomic E-state index is 13.8. The highest BCUT2D eigenvalue weighted by Gasteiger charge is 2.80. The highest BCUT2D eigenvalue weighted by atomic mass is 19.4. The van der Waals surface area contributed by atoms with E-state index in [1.54, 1.807) is 20.8 Å². The molecular weight excluding hydrogens is 818 g/mol. The molecule has 0 radical (unpaired) electrons. The van der Waals surface area contributed by atoms with E-state index in [0.717, 1.165) is 0 Å². The number of fused-ring (bicyclic) bond motifs is 2. The Bertz CT molecular complexity index is 1370. The molecule has 330 valence electrons. The van der Waals surface area contributed by atoms with Crippen molar-refractivity contribution >= 4 is 11.9 Å². The summed E-state index contributed by atoms with van der Waals surface area (Å²) in [6.45, 7) is 9.22. The van der Waals surface area contributed by atoms with Gasteiger partial charge in [0.15, 0.2) is 10.8 Å². The molecule has 2 bridgehead atoms. The molecule has 0 heterocycles. The number of esters is 2. The summed E-state index contributed by atoms with van der Waals surface area (Å²) in [7, 11) is 0. The van der Waals surface area contributed by atoms with E-state index >= 15 is 0 Å². The average molecular weight is 861 g/mol. The van der Waals surface area contributed by atoms with Crippen LogP contribution < -0.4 is 0 Å². The fraction of sp³-hybridized carbons (Fsp3) is 0.939. The number of aliphatic hydroxyl groups is 1. The molecule has 0 spiro atoms. The lowest BCUT2D eigenvalue weighted by molar-refractivity contribution is -0.401. The second-order valence-corrected chi connectivity index (χ2v) is 16.1. The second-order valence-electron chi connectivity index (χ2n) is 16.1. The SMILES string of the molecule is CC1C2CC(C1C)C(C(=O)OC(C)(C)C)(C(F)(F)F)C2.CCC(C)(C(=O)OC(C1CCC(C(O)(C(F)(F)F)C(F)(F)F)CC1)(C(F)(F)F)C(F)(F)F)C(F)(F)F. The van der Waals surface area contributed by atoms with Crippen molar-refractivity contribution in [2.45, 2.75) is 147 Å². The van der Waals surface area contributed by atoms with Crippen molar-refractivity contribution in [2.75, 3.05) is 0 Å². The Balaban J connectivity index is 0.000000453. The first-order chi connectivity index (χ1) is 24.5. The number of carbonyl (C=O) groups excluding carboxylic acids is 2. The molecule has 0 amide bonds. The summed E-state index contributed by atoms with van der Waals surface area (Å²) in [4.78, 5) is 24.4. The van der Waals surface area contributed by atoms with Crippen molar-refractivity contribution in [3.05, 3.63) is 0 Å². The van der Waals surface area contributed by atoms with E-state index in [2.05, 4.69) is 4.74 Å². The Morgan fingerprint density at radius 2 is 1.04 bits per heavy atom. The summed E-state index contributed by atoms with van der Waals surface area (Å²) in [5, 5.41) is 9.39. The van der Waals surface area contributed by atoms with Crippen molar-refractivity contribution in [1.29, 1.82) is 0 Å². The maximum absolute atomic E-state index is 13.8. The van der Waals surface area contributed by atoms with Gasteiger partial charge >= 0.3 is 54.6 Å². The molecule has 3 aliphatic rings. The highest BCUT2D eigenvalue weighted by molar-refractivity contribution is 5.80. The van der Waals surface area contributed by atoms with Crippen LogP contribution in [0.25, 0.3) is 0 Å². The third-order valence-electron chi connectivity index (χ3n) is 11.9. The minimum absolute atomic E-state index is 0.0239. The number of carbonyl (C=O) groups is 2. The first-order valence-electron chi connectivity index (χ1n) is 17.1. The van der Waals surface area contributed by atoms with Crippen LogP contribution >= 0.6 is 0 Å². The molecule has 3 aliphatic carbocycles. The number of hydrogen-bond donors (Lipinski definition) is 1. The van der Waals surface area contributed by atoms with Crippen LogP contribution in [0.15, 0.2) is 0 Å². The normalized spacial score (nSPS) is 29.6. The van der Waals surface area contributed by atoms with E-state index in [0.29, 0.717) is 13.3 Å². The van der Waals surface area contributed by atoms with Gasteiger partial charge in [-0.3, -0.25) is 9.59 Å². The molecule has 1 N–H and O–H groups in total. The van der Waals surface area contributed by atoms with Gasteiger partial charge in [0.05, 0.1) is 0 Å². The van der Waals surface area contributed by atoms with Gasteiger partial charge in [0.1, 0.15) is 5.60 Å². The third kappa shape index (κ3) is 8.39. The van der Waals surface area contributed by atoms with Gasteiger partial charge < -0.3 is 14.6 Å². The highest BCUT2D eigenvalue weighted by Crippen LogP contribution is 2.67. The average Bonchev–Trinajstić information content (AvgIpc) is 3.52. The van der Waals surface area contributed by atoms with Gasteiger partial charge in [-0.1, -0.05) is 20.8 Å². The lowest BCUT2D eigenvalue weighted by atomic mass is 9.65. The summed E-state index contributed by atoms with van der Waals surface area (Å²) in [6, 6.07) is 0. The number of hydrogen-bond acceptors (Lipinski definition) is 5. The van der Waals surface area contributed by atoms with Gasteiger partial charge in [0, 0.05) is 11.8 Å². The Labute approximate surface area is 309 Å². The van der Waals surface area contributed by atoms with Crippen LogP contribution in [0.2, 0.25) is 0 Å². The van der Waals surface area contributed by atoms with Crippen LogP contribution in [0.5, 0.6) is 0 Å². The summed E-state index contributed by atoms with van der Waals surface area (Å²) < 4.78 is 251. The molecule has 0 aromatic heterocycles. The van der Waals surface area contributed by atoms with Crippen LogP contribution in [0, 0.1) is 46.3 Å². The van der Waals surface area contributed by atoms with Crippen molar-refractivity contribution < 1.29 is 103 Å². The monoisotopic (exact) mass is 860 g/mol. The van der Waals surface area contributed by atoms with Crippen molar-refractivity contribution in [2.24, 2.45) is 46.3 Å². The quantitative estimate of drug-likeness (QED) is 0.213. The van der Waals surface area contributed by atoms with Gasteiger partial charge in [-0.25, -0.2) is 0 Å². The summed E-state index contributed by atoms with van der Waals surface area (Å²) in [6.07, 6.45) is -44.4. The first-order valence-corrected chi connectivity index (χ1v) is 17.1. The van der Waals surface area contributed by atoms with Crippen LogP contribution in [0.4, 0.5) is 79.0 Å². The summed E-state index contributed by atoms with van der Waals surface area (Å²) >= 11 is 0. The minimum atomic E-state index is -6.68. The largest absolute Gasteiger partial charge is 0.459 e. The van der Waals surface area contributed by atoms with E-state index in [-0.39, 0.29) is 31.1 Å². The van der Waals surface area contributed by atoms with E-state index < -0.39 is 126 Å². The Morgan fingerprint density at radius 1 is 0.625 bits per heavy atom. The Hall–Kier alpha value is -2.36. The molecule has 5 nitrogen and oxygen atoms in total. The molecule has 3 fully saturated rings. The van der Waals surface area contributed by atoms with Gasteiger partial charge in [0.2, 0.25) is 0 Å². The minimum Gasteiger partial charge on any atom is -0.459 e. The summed E-state index contributed by atoms with van der Waals surface area (Å²) in [5.74, 6) is -10.6. The van der Waals surface area contributed by atoms with Crippen LogP contribution in [-0.2, 0) is 19.1 Å². The predicted molar refractivity (Wildman–Crippen MR) is 157 cm³/mol.